The number of hydrogen-bond acceptors (Lipinski definition) is 10. The molecule has 2 saturated heterocycles. The molecule has 0 spiro atoms. The van der Waals surface area contributed by atoms with E-state index in [9.17, 15) is 19.1 Å². The minimum atomic E-state index is -0.385. The smallest absolute Gasteiger partial charge is 0.207 e. The fourth-order valence-electron chi connectivity index (χ4n) is 10.3. The van der Waals surface area contributed by atoms with Crippen LogP contribution in [0.5, 0.6) is 34.5 Å². The molecule has 0 saturated carbocycles. The molecule has 8 nitrogen and oxygen atoms in total. The third-order valence-corrected chi connectivity index (χ3v) is 16.4. The van der Waals surface area contributed by atoms with Crippen molar-refractivity contribution in [2.24, 2.45) is 11.8 Å². The van der Waals surface area contributed by atoms with Crippen LogP contribution in [0, 0.1) is 31.5 Å². The molecule has 364 valence electrons. The Balaban J connectivity index is 0.807. The summed E-state index contributed by atoms with van der Waals surface area (Å²) in [6, 6.07) is 37.9. The maximum Gasteiger partial charge on any atom is 0.207 e. The first-order valence-corrected chi connectivity index (χ1v) is 26.4. The summed E-state index contributed by atoms with van der Waals surface area (Å²) in [4.78, 5) is 34.4. The second-order valence-corrected chi connectivity index (χ2v) is 21.6. The predicted octanol–water partition coefficient (Wildman–Crippen LogP) is 14.0. The van der Waals surface area contributed by atoms with Gasteiger partial charge in [0, 0.05) is 69.9 Å². The number of rotatable bonds is 17. The van der Waals surface area contributed by atoms with Crippen LogP contribution in [-0.4, -0.2) is 71.8 Å². The maximum absolute atomic E-state index is 14.4. The van der Waals surface area contributed by atoms with Crippen molar-refractivity contribution in [3.63, 3.8) is 0 Å². The molecule has 11 heteroatoms. The monoisotopic (exact) mass is 986 g/mol. The summed E-state index contributed by atoms with van der Waals surface area (Å²) in [6.07, 6.45) is 3.84. The number of carbonyl (C=O) groups excluding carboxylic acids is 2. The Hall–Kier alpha value is -6.37. The lowest BCUT2D eigenvalue weighted by Gasteiger charge is -2.18. The van der Waals surface area contributed by atoms with Gasteiger partial charge in [0.1, 0.15) is 44.7 Å². The summed E-state index contributed by atoms with van der Waals surface area (Å²) in [5.74, 6) is 3.56. The summed E-state index contributed by atoms with van der Waals surface area (Å²) < 4.78 is 35.7. The predicted molar refractivity (Wildman–Crippen MR) is 285 cm³/mol. The normalized spacial score (nSPS) is 17.4. The zero-order valence-corrected chi connectivity index (χ0v) is 42.6. The van der Waals surface area contributed by atoms with Gasteiger partial charge in [0.2, 0.25) is 11.6 Å². The number of thiophene rings is 2. The van der Waals surface area contributed by atoms with E-state index < -0.39 is 0 Å². The van der Waals surface area contributed by atoms with E-state index in [0.29, 0.717) is 60.9 Å². The number of carbonyl (C=O) groups is 2. The molecule has 6 aromatic carbocycles. The standard InChI is InChI=1S/C60H59FN2O6S2/c1-6-42-9-7-8-10-48(42)55(65)59-57(68-45-16-11-40(12-17-45)24-27-62-26-23-36(2)33-62)50-22-20-47(32-53(50)71-59)67-51-35-63(34-39(51)5)28-25-41-13-18-46(19-14-41)69-58-49-21-15-44(64)31-52(49)70-60(58)56(66)54-37(3)29-43(61)30-38(54)4/h7-22,29-32,36,39,51,64H,6,23-28,33-35H2,1-5H3. The van der Waals surface area contributed by atoms with Gasteiger partial charge in [-0.05, 0) is 153 Å². The van der Waals surface area contributed by atoms with E-state index in [1.807, 2.05) is 60.7 Å². The molecule has 2 aliphatic rings. The van der Waals surface area contributed by atoms with Crippen molar-refractivity contribution in [3.8, 4) is 34.5 Å². The van der Waals surface area contributed by atoms with Crippen molar-refractivity contribution in [2.75, 3.05) is 39.3 Å². The summed E-state index contributed by atoms with van der Waals surface area (Å²) in [5.41, 5.74) is 5.69. The Morgan fingerprint density at radius 3 is 1.87 bits per heavy atom. The number of aromatic hydroxyl groups is 1. The molecule has 8 aromatic rings. The lowest BCUT2D eigenvalue weighted by Crippen LogP contribution is -2.27. The molecule has 0 amide bonds. The van der Waals surface area contributed by atoms with E-state index in [1.54, 1.807) is 32.0 Å². The van der Waals surface area contributed by atoms with Crippen LogP contribution in [0.2, 0.25) is 0 Å². The number of hydrogen-bond donors (Lipinski definition) is 1. The number of aryl methyl sites for hydroxylation is 3. The Kier molecular flexibility index (Phi) is 14.1. The second-order valence-electron chi connectivity index (χ2n) is 19.5. The number of phenols is 1. The number of ether oxygens (including phenoxy) is 3. The topological polar surface area (TPSA) is 88.5 Å². The number of ketones is 2. The van der Waals surface area contributed by atoms with E-state index in [0.717, 1.165) is 88.4 Å². The molecule has 2 fully saturated rings. The van der Waals surface area contributed by atoms with E-state index in [4.69, 9.17) is 14.2 Å². The number of phenolic OH excluding ortho intramolecular Hbond substituents is 1. The van der Waals surface area contributed by atoms with Crippen LogP contribution >= 0.6 is 22.7 Å². The van der Waals surface area contributed by atoms with Crippen molar-refractivity contribution < 1.29 is 33.3 Å². The molecule has 3 atom stereocenters. The fraction of sp³-hybridized carbons (Fsp3) is 0.300. The SMILES string of the molecule is CCc1ccccc1C(=O)c1sc2cc(OC3CN(CCc4ccc(Oc5c(C(=O)c6c(C)cc(F)cc6C)sc6cc(O)ccc56)cc4)CC3C)ccc2c1Oc1ccc(CCN2CCC(C)C2)cc1. The first-order valence-electron chi connectivity index (χ1n) is 24.8. The molecular weight excluding hydrogens is 928 g/mol. The fourth-order valence-corrected chi connectivity index (χ4v) is 12.5. The molecule has 0 radical (unpaired) electrons. The molecule has 1 N–H and O–H groups in total. The molecule has 0 bridgehead atoms. The van der Waals surface area contributed by atoms with Crippen LogP contribution in [0.3, 0.4) is 0 Å². The van der Waals surface area contributed by atoms with Gasteiger partial charge >= 0.3 is 0 Å². The zero-order chi connectivity index (χ0) is 49.3. The van der Waals surface area contributed by atoms with Gasteiger partial charge in [-0.15, -0.1) is 22.7 Å². The summed E-state index contributed by atoms with van der Waals surface area (Å²) in [7, 11) is 0. The third kappa shape index (κ3) is 10.5. The maximum atomic E-state index is 14.4. The highest BCUT2D eigenvalue weighted by Crippen LogP contribution is 2.45. The van der Waals surface area contributed by atoms with Crippen molar-refractivity contribution in [3.05, 3.63) is 176 Å². The number of halogens is 1. The van der Waals surface area contributed by atoms with Crippen molar-refractivity contribution >= 4 is 54.4 Å². The molecular formula is C60H59FN2O6S2. The first-order chi connectivity index (χ1) is 34.4. The van der Waals surface area contributed by atoms with E-state index in [1.165, 1.54) is 59.9 Å². The molecule has 4 heterocycles. The quantitative estimate of drug-likeness (QED) is 0.0903. The zero-order valence-electron chi connectivity index (χ0n) is 40.9. The summed E-state index contributed by atoms with van der Waals surface area (Å²) in [6.45, 7) is 16.1. The van der Waals surface area contributed by atoms with Crippen LogP contribution in [0.15, 0.2) is 121 Å². The van der Waals surface area contributed by atoms with Crippen LogP contribution in [-0.2, 0) is 19.3 Å². The number of likely N-dealkylation sites (tertiary alicyclic amines) is 2. The number of benzene rings is 6. The van der Waals surface area contributed by atoms with E-state index in [-0.39, 0.29) is 29.2 Å². The second kappa shape index (κ2) is 20.8. The van der Waals surface area contributed by atoms with E-state index >= 15 is 0 Å². The Labute approximate surface area is 423 Å². The minimum Gasteiger partial charge on any atom is -0.508 e. The molecule has 10 rings (SSSR count). The van der Waals surface area contributed by atoms with Crippen LogP contribution in [0.4, 0.5) is 4.39 Å². The van der Waals surface area contributed by atoms with Gasteiger partial charge in [0.15, 0.2) is 11.5 Å². The number of nitrogens with zero attached hydrogens (tertiary/aromatic N) is 2. The van der Waals surface area contributed by atoms with Crippen molar-refractivity contribution in [2.45, 2.75) is 66.4 Å². The lowest BCUT2D eigenvalue weighted by atomic mass is 9.97. The van der Waals surface area contributed by atoms with Gasteiger partial charge in [-0.3, -0.25) is 14.5 Å². The number of fused-ring (bicyclic) bond motifs is 2. The minimum absolute atomic E-state index is 0.00874. The van der Waals surface area contributed by atoms with Crippen LogP contribution < -0.4 is 14.2 Å². The molecule has 2 aromatic heterocycles. The highest BCUT2D eigenvalue weighted by molar-refractivity contribution is 7.22. The highest BCUT2D eigenvalue weighted by Gasteiger charge is 2.32. The first kappa shape index (κ1) is 48.3. The highest BCUT2D eigenvalue weighted by atomic mass is 32.1. The molecule has 71 heavy (non-hydrogen) atoms. The Morgan fingerprint density at radius 2 is 1.25 bits per heavy atom. The largest absolute Gasteiger partial charge is 0.508 e. The molecule has 0 aliphatic carbocycles. The van der Waals surface area contributed by atoms with E-state index in [2.05, 4.69) is 60.9 Å². The summed E-state index contributed by atoms with van der Waals surface area (Å²) in [5, 5.41) is 11.8. The van der Waals surface area contributed by atoms with Crippen LogP contribution in [0.1, 0.15) is 85.5 Å². The third-order valence-electron chi connectivity index (χ3n) is 14.2. The average Bonchev–Trinajstić information content (AvgIpc) is 4.14. The van der Waals surface area contributed by atoms with Gasteiger partial charge in [0.25, 0.3) is 0 Å². The molecule has 2 aliphatic heterocycles. The van der Waals surface area contributed by atoms with Gasteiger partial charge in [0.05, 0.1) is 0 Å². The average molecular weight is 987 g/mol. The van der Waals surface area contributed by atoms with Gasteiger partial charge in [-0.25, -0.2) is 4.39 Å². The Bertz CT molecular complexity index is 3230. The lowest BCUT2D eigenvalue weighted by molar-refractivity contribution is 0.103. The Morgan fingerprint density at radius 1 is 0.676 bits per heavy atom. The van der Waals surface area contributed by atoms with Crippen molar-refractivity contribution in [1.29, 1.82) is 0 Å². The van der Waals surface area contributed by atoms with Crippen LogP contribution in [0.25, 0.3) is 20.2 Å². The van der Waals surface area contributed by atoms with Gasteiger partial charge < -0.3 is 24.2 Å². The van der Waals surface area contributed by atoms with Gasteiger partial charge in [-0.2, -0.15) is 0 Å². The van der Waals surface area contributed by atoms with Crippen molar-refractivity contribution in [1.82, 2.24) is 9.80 Å². The molecule has 3 unspecified atom stereocenters. The van der Waals surface area contributed by atoms with Gasteiger partial charge in [-0.1, -0.05) is 69.3 Å². The summed E-state index contributed by atoms with van der Waals surface area (Å²) >= 11 is 2.71.